The number of thioether (sulfide) groups is 1. The van der Waals surface area contributed by atoms with Gasteiger partial charge in [-0.2, -0.15) is 0 Å². The van der Waals surface area contributed by atoms with Crippen molar-refractivity contribution < 1.29 is 4.79 Å². The van der Waals surface area contributed by atoms with E-state index < -0.39 is 0 Å². The van der Waals surface area contributed by atoms with Gasteiger partial charge in [-0.15, -0.1) is 0 Å². The molecule has 7 heteroatoms. The maximum atomic E-state index is 12.5. The molecule has 0 saturated carbocycles. The van der Waals surface area contributed by atoms with E-state index in [1.807, 2.05) is 55.5 Å². The van der Waals surface area contributed by atoms with Crippen molar-refractivity contribution >= 4 is 46.6 Å². The van der Waals surface area contributed by atoms with Crippen molar-refractivity contribution in [3.05, 3.63) is 81.6 Å². The molecule has 0 saturated heterocycles. The number of aryl methyl sites for hydroxylation is 1. The third kappa shape index (κ3) is 4.75. The molecule has 1 amide bonds. The zero-order valence-corrected chi connectivity index (χ0v) is 16.2. The Bertz CT molecular complexity index is 950. The van der Waals surface area contributed by atoms with Gasteiger partial charge in [0.15, 0.2) is 10.9 Å². The first kappa shape index (κ1) is 18.7. The number of carbonyl (C=O) groups excluding carboxylic acids is 1. The Kier molecular flexibility index (Phi) is 6.14. The highest BCUT2D eigenvalue weighted by Gasteiger charge is 2.15. The molecule has 3 rings (SSSR count). The lowest BCUT2D eigenvalue weighted by molar-refractivity contribution is 0.102. The predicted molar refractivity (Wildman–Crippen MR) is 107 cm³/mol. The van der Waals surface area contributed by atoms with Crippen molar-refractivity contribution in [1.29, 1.82) is 0 Å². The van der Waals surface area contributed by atoms with Crippen LogP contribution in [0.2, 0.25) is 10.0 Å². The van der Waals surface area contributed by atoms with E-state index in [2.05, 4.69) is 15.3 Å². The fraction of sp³-hybridized carbons (Fsp3) is 0.105. The normalized spacial score (nSPS) is 10.6. The third-order valence-corrected chi connectivity index (χ3v) is 5.08. The van der Waals surface area contributed by atoms with Crippen molar-refractivity contribution in [1.82, 2.24) is 9.97 Å². The minimum Gasteiger partial charge on any atom is -0.321 e. The van der Waals surface area contributed by atoms with Gasteiger partial charge in [-0.3, -0.25) is 4.79 Å². The summed E-state index contributed by atoms with van der Waals surface area (Å²) in [6.07, 6.45) is 1.44. The smallest absolute Gasteiger partial charge is 0.275 e. The Morgan fingerprint density at radius 1 is 1.12 bits per heavy atom. The third-order valence-electron chi connectivity index (χ3n) is 3.53. The molecule has 0 spiro atoms. The molecule has 0 aliphatic heterocycles. The van der Waals surface area contributed by atoms with Crippen LogP contribution < -0.4 is 5.32 Å². The van der Waals surface area contributed by atoms with E-state index in [0.717, 1.165) is 11.1 Å². The van der Waals surface area contributed by atoms with E-state index in [0.29, 0.717) is 21.6 Å². The molecule has 132 valence electrons. The molecule has 0 atom stereocenters. The molecule has 0 radical (unpaired) electrons. The lowest BCUT2D eigenvalue weighted by atomic mass is 10.2. The Morgan fingerprint density at radius 2 is 1.92 bits per heavy atom. The number of aromatic nitrogens is 2. The van der Waals surface area contributed by atoms with Gasteiger partial charge in [0.05, 0.1) is 11.2 Å². The monoisotopic (exact) mass is 403 g/mol. The first-order chi connectivity index (χ1) is 12.5. The van der Waals surface area contributed by atoms with Gasteiger partial charge in [-0.1, -0.05) is 65.3 Å². The van der Waals surface area contributed by atoms with Crippen molar-refractivity contribution in [2.45, 2.75) is 17.8 Å². The second-order valence-corrected chi connectivity index (χ2v) is 7.31. The van der Waals surface area contributed by atoms with Crippen LogP contribution >= 0.6 is 35.0 Å². The number of anilines is 1. The van der Waals surface area contributed by atoms with Crippen LogP contribution in [0.1, 0.15) is 21.6 Å². The van der Waals surface area contributed by atoms with Gasteiger partial charge in [0.1, 0.15) is 0 Å². The molecule has 4 nitrogen and oxygen atoms in total. The molecule has 1 heterocycles. The number of hydrogen-bond donors (Lipinski definition) is 1. The summed E-state index contributed by atoms with van der Waals surface area (Å²) in [6, 6.07) is 15.1. The largest absolute Gasteiger partial charge is 0.321 e. The molecular weight excluding hydrogens is 389 g/mol. The molecule has 0 fully saturated rings. The highest BCUT2D eigenvalue weighted by atomic mass is 35.5. The van der Waals surface area contributed by atoms with Crippen molar-refractivity contribution in [2.75, 3.05) is 5.32 Å². The molecule has 0 aliphatic carbocycles. The van der Waals surface area contributed by atoms with Crippen LogP contribution in [-0.4, -0.2) is 15.9 Å². The van der Waals surface area contributed by atoms with E-state index in [1.54, 1.807) is 0 Å². The summed E-state index contributed by atoms with van der Waals surface area (Å²) in [7, 11) is 0. The fourth-order valence-corrected chi connectivity index (χ4v) is 3.53. The number of nitrogens with zero attached hydrogens (tertiary/aromatic N) is 2. The van der Waals surface area contributed by atoms with Gasteiger partial charge < -0.3 is 5.32 Å². The summed E-state index contributed by atoms with van der Waals surface area (Å²) in [5.74, 6) is 0.225. The van der Waals surface area contributed by atoms with E-state index in [-0.39, 0.29) is 16.6 Å². The molecule has 0 unspecified atom stereocenters. The number of carbonyl (C=O) groups is 1. The Hall–Kier alpha value is -2.08. The van der Waals surface area contributed by atoms with Gasteiger partial charge in [0.25, 0.3) is 5.91 Å². The zero-order chi connectivity index (χ0) is 18.5. The van der Waals surface area contributed by atoms with E-state index in [4.69, 9.17) is 23.2 Å². The number of halogens is 2. The van der Waals surface area contributed by atoms with Crippen LogP contribution in [0.4, 0.5) is 5.69 Å². The maximum Gasteiger partial charge on any atom is 0.275 e. The Morgan fingerprint density at radius 3 is 2.69 bits per heavy atom. The van der Waals surface area contributed by atoms with Crippen LogP contribution in [0.5, 0.6) is 0 Å². The quantitative estimate of drug-likeness (QED) is 0.442. The van der Waals surface area contributed by atoms with Gasteiger partial charge in [-0.05, 0) is 36.2 Å². The average Bonchev–Trinajstić information content (AvgIpc) is 2.62. The van der Waals surface area contributed by atoms with Gasteiger partial charge in [0.2, 0.25) is 0 Å². The first-order valence-corrected chi connectivity index (χ1v) is 9.54. The number of rotatable bonds is 5. The lowest BCUT2D eigenvalue weighted by Crippen LogP contribution is -2.15. The summed E-state index contributed by atoms with van der Waals surface area (Å²) in [6.45, 7) is 1.96. The summed E-state index contributed by atoms with van der Waals surface area (Å²) in [5, 5.41) is 4.16. The highest BCUT2D eigenvalue weighted by Crippen LogP contribution is 2.26. The number of hydrogen-bond acceptors (Lipinski definition) is 4. The SMILES string of the molecule is Cc1cccc(NC(=O)c2nc(SCc3ccccc3Cl)ncc2Cl)c1. The Balaban J connectivity index is 1.74. The number of amides is 1. The van der Waals surface area contributed by atoms with Gasteiger partial charge >= 0.3 is 0 Å². The second-order valence-electron chi connectivity index (χ2n) is 5.55. The molecular formula is C19H15Cl2N3OS. The van der Waals surface area contributed by atoms with Crippen molar-refractivity contribution in [2.24, 2.45) is 0 Å². The van der Waals surface area contributed by atoms with Crippen LogP contribution in [-0.2, 0) is 5.75 Å². The van der Waals surface area contributed by atoms with Crippen LogP contribution in [0.15, 0.2) is 59.9 Å². The zero-order valence-electron chi connectivity index (χ0n) is 13.9. The standard InChI is InChI=1S/C19H15Cl2N3OS/c1-12-5-4-7-14(9-12)23-18(25)17-16(21)10-22-19(24-17)26-11-13-6-2-3-8-15(13)20/h2-10H,11H2,1H3,(H,23,25). The summed E-state index contributed by atoms with van der Waals surface area (Å²) >= 11 is 13.7. The van der Waals surface area contributed by atoms with E-state index >= 15 is 0 Å². The van der Waals surface area contributed by atoms with Crippen molar-refractivity contribution in [3.63, 3.8) is 0 Å². The lowest BCUT2D eigenvalue weighted by Gasteiger charge is -2.08. The Labute approximate surface area is 166 Å². The second kappa shape index (κ2) is 8.54. The van der Waals surface area contributed by atoms with Crippen molar-refractivity contribution in [3.8, 4) is 0 Å². The van der Waals surface area contributed by atoms with E-state index in [9.17, 15) is 4.79 Å². The number of benzene rings is 2. The minimum absolute atomic E-state index is 0.143. The summed E-state index contributed by atoms with van der Waals surface area (Å²) in [4.78, 5) is 21.0. The minimum atomic E-state index is -0.373. The maximum absolute atomic E-state index is 12.5. The van der Waals surface area contributed by atoms with Crippen LogP contribution in [0.3, 0.4) is 0 Å². The molecule has 2 aromatic carbocycles. The summed E-state index contributed by atoms with van der Waals surface area (Å²) in [5.41, 5.74) is 2.86. The first-order valence-electron chi connectivity index (χ1n) is 7.79. The van der Waals surface area contributed by atoms with Gasteiger partial charge in [-0.25, -0.2) is 9.97 Å². The van der Waals surface area contributed by atoms with Crippen LogP contribution in [0.25, 0.3) is 0 Å². The highest BCUT2D eigenvalue weighted by molar-refractivity contribution is 7.98. The molecule has 26 heavy (non-hydrogen) atoms. The average molecular weight is 404 g/mol. The predicted octanol–water partition coefficient (Wildman–Crippen LogP) is 5.64. The molecule has 1 aromatic heterocycles. The molecule has 1 N–H and O–H groups in total. The van der Waals surface area contributed by atoms with Crippen LogP contribution in [0, 0.1) is 6.92 Å². The molecule has 0 aliphatic rings. The summed E-state index contributed by atoms with van der Waals surface area (Å²) < 4.78 is 0. The molecule has 0 bridgehead atoms. The van der Waals surface area contributed by atoms with E-state index in [1.165, 1.54) is 18.0 Å². The van der Waals surface area contributed by atoms with Gasteiger partial charge in [0, 0.05) is 16.5 Å². The molecule has 3 aromatic rings. The topological polar surface area (TPSA) is 54.9 Å². The number of nitrogens with one attached hydrogen (secondary N) is 1. The fourth-order valence-electron chi connectivity index (χ4n) is 2.25.